The van der Waals surface area contributed by atoms with Gasteiger partial charge in [-0.3, -0.25) is 4.79 Å². The van der Waals surface area contributed by atoms with E-state index in [4.69, 9.17) is 15.0 Å². The van der Waals surface area contributed by atoms with Crippen molar-refractivity contribution in [2.24, 2.45) is 0 Å². The van der Waals surface area contributed by atoms with E-state index in [1.165, 1.54) is 0 Å². The predicted molar refractivity (Wildman–Crippen MR) is 53.7 cm³/mol. The van der Waals surface area contributed by atoms with Crippen LogP contribution < -0.4 is 0 Å². The van der Waals surface area contributed by atoms with Gasteiger partial charge in [-0.2, -0.15) is 0 Å². The largest absolute Gasteiger partial charge is 0.481 e. The summed E-state index contributed by atoms with van der Waals surface area (Å²) in [7, 11) is 0. The summed E-state index contributed by atoms with van der Waals surface area (Å²) in [6.07, 6.45) is 2.83. The molecule has 0 amide bonds. The van der Waals surface area contributed by atoms with E-state index in [0.717, 1.165) is 31.8 Å². The Bertz CT molecular complexity index is 148. The maximum absolute atomic E-state index is 9.16. The summed E-state index contributed by atoms with van der Waals surface area (Å²) in [6.45, 7) is 8.72. The number of carboxylic acids is 1. The summed E-state index contributed by atoms with van der Waals surface area (Å²) < 4.78 is 0. The van der Waals surface area contributed by atoms with E-state index < -0.39 is 5.97 Å². The van der Waals surface area contributed by atoms with Gasteiger partial charge in [-0.25, -0.2) is 0 Å². The number of hydrogen-bond donors (Lipinski definition) is 2. The highest BCUT2D eigenvalue weighted by Gasteiger charge is 2.01. The van der Waals surface area contributed by atoms with Gasteiger partial charge in [0.1, 0.15) is 0 Å². The van der Waals surface area contributed by atoms with Crippen LogP contribution in [0.25, 0.3) is 0 Å². The molecule has 13 heavy (non-hydrogen) atoms. The van der Waals surface area contributed by atoms with Gasteiger partial charge < -0.3 is 10.2 Å². The van der Waals surface area contributed by atoms with Gasteiger partial charge in [0.15, 0.2) is 0 Å². The molecule has 0 aromatic rings. The van der Waals surface area contributed by atoms with E-state index in [-0.39, 0.29) is 6.10 Å². The fourth-order valence-electron chi connectivity index (χ4n) is 0.644. The standard InChI is InChI=1S/C8H16O.C2H4O2/c1-4-5-6-8(9)7(2)3;1-2(3)4/h8-9H,2,4-6H2,1,3H3;1H3,(H,3,4). The number of unbranched alkanes of at least 4 members (excludes halogenated alkanes) is 1. The van der Waals surface area contributed by atoms with Crippen molar-refractivity contribution in [3.63, 3.8) is 0 Å². The summed E-state index contributed by atoms with van der Waals surface area (Å²) in [4.78, 5) is 9.00. The Morgan fingerprint density at radius 2 is 1.85 bits per heavy atom. The number of aliphatic carboxylic acids is 1. The first-order valence-electron chi connectivity index (χ1n) is 4.44. The van der Waals surface area contributed by atoms with E-state index in [0.29, 0.717) is 0 Å². The molecule has 0 rings (SSSR count). The van der Waals surface area contributed by atoms with E-state index in [1.807, 2.05) is 6.92 Å². The molecule has 0 bridgehead atoms. The number of aliphatic hydroxyl groups is 1. The van der Waals surface area contributed by atoms with Crippen LogP contribution in [0.3, 0.4) is 0 Å². The first-order valence-corrected chi connectivity index (χ1v) is 4.44. The molecule has 0 fully saturated rings. The van der Waals surface area contributed by atoms with Crippen LogP contribution in [0.4, 0.5) is 0 Å². The van der Waals surface area contributed by atoms with Crippen LogP contribution in [0, 0.1) is 0 Å². The molecule has 0 saturated carbocycles. The molecule has 3 nitrogen and oxygen atoms in total. The predicted octanol–water partition coefficient (Wildman–Crippen LogP) is 2.20. The van der Waals surface area contributed by atoms with Crippen molar-refractivity contribution in [2.75, 3.05) is 0 Å². The van der Waals surface area contributed by atoms with Crippen molar-refractivity contribution < 1.29 is 15.0 Å². The third-order valence-electron chi connectivity index (χ3n) is 1.40. The Morgan fingerprint density at radius 3 is 2.08 bits per heavy atom. The average Bonchev–Trinajstić information content (AvgIpc) is 1.98. The van der Waals surface area contributed by atoms with Gasteiger partial charge in [-0.1, -0.05) is 31.9 Å². The molecule has 3 heteroatoms. The molecule has 78 valence electrons. The summed E-state index contributed by atoms with van der Waals surface area (Å²) in [5.74, 6) is -0.833. The summed E-state index contributed by atoms with van der Waals surface area (Å²) in [5, 5.41) is 16.6. The van der Waals surface area contributed by atoms with Crippen LogP contribution in [0.5, 0.6) is 0 Å². The van der Waals surface area contributed by atoms with Gasteiger partial charge in [0, 0.05) is 6.92 Å². The minimum atomic E-state index is -0.833. The molecular weight excluding hydrogens is 168 g/mol. The van der Waals surface area contributed by atoms with Crippen LogP contribution in [0.1, 0.15) is 40.0 Å². The zero-order chi connectivity index (χ0) is 10.9. The number of carboxylic acid groups (broad SMARTS) is 1. The van der Waals surface area contributed by atoms with Gasteiger partial charge in [0.25, 0.3) is 5.97 Å². The lowest BCUT2D eigenvalue weighted by atomic mass is 10.1. The lowest BCUT2D eigenvalue weighted by Crippen LogP contribution is -2.05. The zero-order valence-electron chi connectivity index (χ0n) is 8.71. The van der Waals surface area contributed by atoms with Crippen molar-refractivity contribution in [1.29, 1.82) is 0 Å². The highest BCUT2D eigenvalue weighted by atomic mass is 16.4. The normalized spacial score (nSPS) is 11.1. The van der Waals surface area contributed by atoms with Gasteiger partial charge in [0.2, 0.25) is 0 Å². The summed E-state index contributed by atoms with van der Waals surface area (Å²) >= 11 is 0. The molecule has 0 aromatic heterocycles. The second-order valence-corrected chi connectivity index (χ2v) is 3.02. The quantitative estimate of drug-likeness (QED) is 0.665. The minimum absolute atomic E-state index is 0.273. The van der Waals surface area contributed by atoms with Gasteiger partial charge in [-0.15, -0.1) is 0 Å². The first kappa shape index (κ1) is 14.7. The van der Waals surface area contributed by atoms with Crippen molar-refractivity contribution in [3.8, 4) is 0 Å². The topological polar surface area (TPSA) is 57.5 Å². The molecule has 0 aliphatic rings. The number of rotatable bonds is 4. The SMILES string of the molecule is C=C(C)C(O)CCCC.CC(=O)O. The highest BCUT2D eigenvalue weighted by molar-refractivity contribution is 5.62. The van der Waals surface area contributed by atoms with Crippen molar-refractivity contribution in [3.05, 3.63) is 12.2 Å². The van der Waals surface area contributed by atoms with Crippen LogP contribution >= 0.6 is 0 Å². The molecule has 0 aliphatic carbocycles. The molecular formula is C10H20O3. The first-order chi connectivity index (χ1) is 5.91. The molecule has 0 radical (unpaired) electrons. The molecule has 0 aliphatic heterocycles. The maximum Gasteiger partial charge on any atom is 0.300 e. The Hall–Kier alpha value is -0.830. The molecule has 0 saturated heterocycles. The van der Waals surface area contributed by atoms with Crippen LogP contribution in [-0.2, 0) is 4.79 Å². The van der Waals surface area contributed by atoms with Crippen LogP contribution in [0.15, 0.2) is 12.2 Å². The van der Waals surface area contributed by atoms with E-state index in [1.54, 1.807) is 0 Å². The second-order valence-electron chi connectivity index (χ2n) is 3.02. The Morgan fingerprint density at radius 1 is 1.46 bits per heavy atom. The van der Waals surface area contributed by atoms with Crippen molar-refractivity contribution in [2.45, 2.75) is 46.1 Å². The fourth-order valence-corrected chi connectivity index (χ4v) is 0.644. The maximum atomic E-state index is 9.16. The van der Waals surface area contributed by atoms with Gasteiger partial charge in [-0.05, 0) is 13.3 Å². The van der Waals surface area contributed by atoms with E-state index in [2.05, 4.69) is 13.5 Å². The third kappa shape index (κ3) is 18.3. The molecule has 0 spiro atoms. The van der Waals surface area contributed by atoms with E-state index >= 15 is 0 Å². The van der Waals surface area contributed by atoms with Crippen molar-refractivity contribution >= 4 is 5.97 Å². The Kier molecular flexibility index (Phi) is 10.5. The fraction of sp³-hybridized carbons (Fsp3) is 0.700. The van der Waals surface area contributed by atoms with Crippen LogP contribution in [0.2, 0.25) is 0 Å². The average molecular weight is 188 g/mol. The number of aliphatic hydroxyl groups excluding tert-OH is 1. The lowest BCUT2D eigenvalue weighted by molar-refractivity contribution is -0.134. The third-order valence-corrected chi connectivity index (χ3v) is 1.40. The van der Waals surface area contributed by atoms with Crippen LogP contribution in [-0.4, -0.2) is 22.3 Å². The smallest absolute Gasteiger partial charge is 0.300 e. The second kappa shape index (κ2) is 9.26. The monoisotopic (exact) mass is 188 g/mol. The summed E-state index contributed by atoms with van der Waals surface area (Å²) in [5.41, 5.74) is 0.878. The number of carbonyl (C=O) groups is 1. The minimum Gasteiger partial charge on any atom is -0.481 e. The molecule has 1 atom stereocenters. The highest BCUT2D eigenvalue weighted by Crippen LogP contribution is 2.06. The zero-order valence-corrected chi connectivity index (χ0v) is 8.71. The number of hydrogen-bond acceptors (Lipinski definition) is 2. The Labute approximate surface area is 80.1 Å². The van der Waals surface area contributed by atoms with Gasteiger partial charge >= 0.3 is 0 Å². The Balaban J connectivity index is 0. The lowest BCUT2D eigenvalue weighted by Gasteiger charge is -2.07. The van der Waals surface area contributed by atoms with Gasteiger partial charge in [0.05, 0.1) is 6.10 Å². The van der Waals surface area contributed by atoms with Crippen molar-refractivity contribution in [1.82, 2.24) is 0 Å². The molecule has 2 N–H and O–H groups in total. The molecule has 0 aromatic carbocycles. The molecule has 1 unspecified atom stereocenters. The molecule has 0 heterocycles. The summed E-state index contributed by atoms with van der Waals surface area (Å²) in [6, 6.07) is 0. The van der Waals surface area contributed by atoms with E-state index in [9.17, 15) is 0 Å².